The number of carbonyl (C=O) groups is 4. The SMILES string of the molecule is CC(=O)c1ccc(OCc2ccc(C)cc2)cc1.N.[C-]#[N+]c1ccc(C[C@@H](C(=O)NNC(=O)c2ccc(OCc3ccc(OC)cc3)cc2)[C@H](C)O)c(C)c1Cl.[C-]#[N+]c1ccc(C[C@@H](C(=O)O)[C@H](C)O)c(C)c1Cl. The number of hydrogen-bond donors (Lipinski definition) is 6. The summed E-state index contributed by atoms with van der Waals surface area (Å²) in [6.07, 6.45) is -1.56. The number of rotatable bonds is 17. The van der Waals surface area contributed by atoms with Gasteiger partial charge in [-0.25, -0.2) is 9.69 Å². The van der Waals surface area contributed by atoms with E-state index in [0.29, 0.717) is 62.6 Å². The Bertz CT molecular complexity index is 2920. The van der Waals surface area contributed by atoms with Crippen LogP contribution in [0.25, 0.3) is 9.69 Å². The number of carboxylic acids is 1. The molecule has 0 aromatic heterocycles. The number of Topliss-reactive ketones (excluding diaryl/α,β-unsaturated/α-hetero) is 1. The zero-order valence-electron chi connectivity index (χ0n) is 42.2. The summed E-state index contributed by atoms with van der Waals surface area (Å²) >= 11 is 12.3. The minimum absolute atomic E-state index is 0. The third kappa shape index (κ3) is 18.1. The van der Waals surface area contributed by atoms with Gasteiger partial charge < -0.3 is 35.7 Å². The number of aliphatic hydroxyl groups excluding tert-OH is 2. The van der Waals surface area contributed by atoms with Gasteiger partial charge in [0.25, 0.3) is 5.91 Å². The van der Waals surface area contributed by atoms with E-state index >= 15 is 0 Å². The maximum absolute atomic E-state index is 12.8. The van der Waals surface area contributed by atoms with Gasteiger partial charge in [0.2, 0.25) is 17.3 Å². The molecule has 15 nitrogen and oxygen atoms in total. The van der Waals surface area contributed by atoms with Crippen LogP contribution in [0.15, 0.2) is 121 Å². The third-order valence-corrected chi connectivity index (χ3v) is 12.6. The molecule has 6 rings (SSSR count). The fraction of sp³-hybridized carbons (Fsp3) is 0.263. The first-order valence-electron chi connectivity index (χ1n) is 22.9. The molecule has 0 aliphatic carbocycles. The van der Waals surface area contributed by atoms with Gasteiger partial charge in [-0.3, -0.25) is 30.0 Å². The number of aliphatic hydroxyl groups is 2. The summed E-state index contributed by atoms with van der Waals surface area (Å²) in [5.41, 5.74) is 12.7. The molecule has 0 unspecified atom stereocenters. The van der Waals surface area contributed by atoms with Crippen molar-refractivity contribution in [3.63, 3.8) is 0 Å². The van der Waals surface area contributed by atoms with Crippen molar-refractivity contribution in [3.05, 3.63) is 204 Å². The Labute approximate surface area is 442 Å². The van der Waals surface area contributed by atoms with Crippen LogP contribution in [0.4, 0.5) is 11.4 Å². The average molecular weight is 1050 g/mol. The molecule has 0 spiro atoms. The predicted molar refractivity (Wildman–Crippen MR) is 287 cm³/mol. The Morgan fingerprint density at radius 3 is 1.39 bits per heavy atom. The largest absolute Gasteiger partial charge is 0.497 e. The van der Waals surface area contributed by atoms with Crippen LogP contribution in [0.5, 0.6) is 17.2 Å². The van der Waals surface area contributed by atoms with E-state index in [9.17, 15) is 29.4 Å². The number of aryl methyl sites for hydroxylation is 1. The summed E-state index contributed by atoms with van der Waals surface area (Å²) in [6.45, 7) is 25.1. The van der Waals surface area contributed by atoms with Gasteiger partial charge in [0.05, 0.1) is 54.3 Å². The molecule has 17 heteroatoms. The number of hydrogen-bond acceptors (Lipinski definition) is 10. The fourth-order valence-corrected chi connectivity index (χ4v) is 7.42. The van der Waals surface area contributed by atoms with Gasteiger partial charge in [-0.2, -0.15) is 0 Å². The monoisotopic (exact) mass is 1050 g/mol. The maximum Gasteiger partial charge on any atom is 0.309 e. The van der Waals surface area contributed by atoms with E-state index in [2.05, 4.69) is 51.7 Å². The Hall–Kier alpha value is -7.76. The van der Waals surface area contributed by atoms with Crippen molar-refractivity contribution >= 4 is 58.1 Å². The van der Waals surface area contributed by atoms with E-state index in [4.69, 9.17) is 55.7 Å². The minimum atomic E-state index is -1.05. The number of carboxylic acid groups (broad SMARTS) is 1. The predicted octanol–water partition coefficient (Wildman–Crippen LogP) is 11.5. The molecular weight excluding hydrogens is 986 g/mol. The molecule has 0 bridgehead atoms. The number of hydrazine groups is 1. The summed E-state index contributed by atoms with van der Waals surface area (Å²) in [5.74, 6) is -1.63. The molecule has 0 aliphatic rings. The molecule has 0 fully saturated rings. The average Bonchev–Trinajstić information content (AvgIpc) is 3.38. The van der Waals surface area contributed by atoms with Crippen molar-refractivity contribution in [2.75, 3.05) is 7.11 Å². The molecule has 388 valence electrons. The standard InChI is InChI=1S/C28H28ClN3O5.C16H16O2.C13H14ClNO3.H3N/c1-17-21(9-14-25(30-3)26(17)29)15-24(18(2)33)28(35)32-31-27(34)20-7-12-23(13-8-20)37-16-19-5-10-22(36-4)11-6-19;1-12-3-5-14(6-4-12)11-18-16-9-7-15(8-10-16)13(2)17;1-7-9(4-5-11(15-3)12(7)14)6-10(8(2)16)13(17)18;/h5-14,18,24,33H,15-16H2,1-2,4H3,(H,31,34)(H,32,35);3-10H,11H2,1-2H3;4-5,8,10,16H,6H2,1-2H3,(H,17,18);1H3/t18-,24+;;8-,10+;/m0.0./s1. The van der Waals surface area contributed by atoms with Crippen LogP contribution in [0.3, 0.4) is 0 Å². The number of aliphatic carboxylic acids is 1. The lowest BCUT2D eigenvalue weighted by Gasteiger charge is -2.21. The molecule has 0 saturated carbocycles. The van der Waals surface area contributed by atoms with Gasteiger partial charge >= 0.3 is 5.97 Å². The number of nitrogens with one attached hydrogen (secondary N) is 2. The highest BCUT2D eigenvalue weighted by Gasteiger charge is 2.27. The van der Waals surface area contributed by atoms with Crippen molar-refractivity contribution in [2.45, 2.75) is 79.8 Å². The van der Waals surface area contributed by atoms with Gasteiger partial charge in [-0.1, -0.05) is 89.4 Å². The van der Waals surface area contributed by atoms with Crippen molar-refractivity contribution in [3.8, 4) is 17.2 Å². The van der Waals surface area contributed by atoms with Crippen LogP contribution in [0.2, 0.25) is 10.0 Å². The number of carbonyl (C=O) groups excluding carboxylic acids is 3. The second kappa shape index (κ2) is 29.7. The Morgan fingerprint density at radius 1 is 0.595 bits per heavy atom. The highest BCUT2D eigenvalue weighted by Crippen LogP contribution is 2.33. The molecule has 6 aromatic rings. The third-order valence-electron chi connectivity index (χ3n) is 11.7. The molecule has 4 atom stereocenters. The summed E-state index contributed by atoms with van der Waals surface area (Å²) in [5, 5.41) is 29.3. The highest BCUT2D eigenvalue weighted by molar-refractivity contribution is 6.34. The van der Waals surface area contributed by atoms with E-state index in [1.165, 1.54) is 19.4 Å². The number of ether oxygens (including phenoxy) is 3. The number of halogens is 2. The van der Waals surface area contributed by atoms with Crippen LogP contribution < -0.4 is 31.2 Å². The molecule has 0 saturated heterocycles. The quantitative estimate of drug-likeness (QED) is 0.0286. The number of nitrogens with zero attached hydrogens (tertiary/aromatic N) is 2. The van der Waals surface area contributed by atoms with E-state index < -0.39 is 41.8 Å². The van der Waals surface area contributed by atoms with Gasteiger partial charge in [0.15, 0.2) is 5.78 Å². The normalized spacial score (nSPS) is 11.9. The molecule has 0 aliphatic heterocycles. The van der Waals surface area contributed by atoms with Crippen LogP contribution in [-0.4, -0.2) is 58.2 Å². The first-order chi connectivity index (χ1) is 34.8. The van der Waals surface area contributed by atoms with Crippen molar-refractivity contribution in [1.82, 2.24) is 17.0 Å². The van der Waals surface area contributed by atoms with Crippen molar-refractivity contribution in [2.24, 2.45) is 11.8 Å². The number of amides is 2. The zero-order chi connectivity index (χ0) is 53.8. The maximum atomic E-state index is 12.8. The highest BCUT2D eigenvalue weighted by atomic mass is 35.5. The first-order valence-corrected chi connectivity index (χ1v) is 23.7. The van der Waals surface area contributed by atoms with Gasteiger partial charge in [-0.15, -0.1) is 0 Å². The van der Waals surface area contributed by atoms with Crippen LogP contribution in [0.1, 0.15) is 80.4 Å². The lowest BCUT2D eigenvalue weighted by atomic mass is 9.91. The lowest BCUT2D eigenvalue weighted by Crippen LogP contribution is -2.47. The molecule has 74 heavy (non-hydrogen) atoms. The summed E-state index contributed by atoms with van der Waals surface area (Å²) < 4.78 is 16.5. The Kier molecular flexibility index (Phi) is 24.3. The zero-order valence-corrected chi connectivity index (χ0v) is 43.8. The molecule has 0 radical (unpaired) electrons. The van der Waals surface area contributed by atoms with Crippen LogP contribution >= 0.6 is 23.2 Å². The Morgan fingerprint density at radius 2 is 1.00 bits per heavy atom. The van der Waals surface area contributed by atoms with Gasteiger partial charge in [0, 0.05) is 11.1 Å². The molecule has 8 N–H and O–H groups in total. The van der Waals surface area contributed by atoms with E-state index in [1.807, 2.05) is 36.4 Å². The molecule has 6 aromatic carbocycles. The fourth-order valence-electron chi connectivity index (χ4n) is 6.97. The molecule has 2 amide bonds. The number of ketones is 1. The molecular formula is C57H61Cl2N5O10. The van der Waals surface area contributed by atoms with E-state index in [1.54, 1.807) is 88.5 Å². The van der Waals surface area contributed by atoms with Crippen molar-refractivity contribution in [1.29, 1.82) is 0 Å². The number of methoxy groups -OCH3 is 1. The van der Waals surface area contributed by atoms with Crippen LogP contribution in [0, 0.1) is 45.8 Å². The topological polar surface area (TPSA) is 224 Å². The molecule has 0 heterocycles. The second-order valence-electron chi connectivity index (χ2n) is 17.0. The lowest BCUT2D eigenvalue weighted by molar-refractivity contribution is -0.145. The summed E-state index contributed by atoms with van der Waals surface area (Å²) in [4.78, 5) is 54.1. The van der Waals surface area contributed by atoms with E-state index in [0.717, 1.165) is 33.8 Å². The van der Waals surface area contributed by atoms with Gasteiger partial charge in [-0.05, 0) is 148 Å². The van der Waals surface area contributed by atoms with Crippen LogP contribution in [-0.2, 0) is 35.6 Å². The van der Waals surface area contributed by atoms with Crippen molar-refractivity contribution < 1.29 is 48.7 Å². The smallest absolute Gasteiger partial charge is 0.309 e. The minimum Gasteiger partial charge on any atom is -0.497 e. The van der Waals surface area contributed by atoms with Gasteiger partial charge in [0.1, 0.15) is 30.5 Å². The number of benzene rings is 6. The first kappa shape index (κ1) is 60.5. The summed E-state index contributed by atoms with van der Waals surface area (Å²) in [7, 11) is 1.61. The second-order valence-corrected chi connectivity index (χ2v) is 17.7. The summed E-state index contributed by atoms with van der Waals surface area (Å²) in [6, 6.07) is 36.0. The Balaban J connectivity index is 0.000000326. The van der Waals surface area contributed by atoms with E-state index in [-0.39, 0.29) is 24.8 Å².